The van der Waals surface area contributed by atoms with Crippen molar-refractivity contribution in [3.8, 4) is 22.9 Å². The first-order valence-corrected chi connectivity index (χ1v) is 13.3. The Morgan fingerprint density at radius 3 is 2.33 bits per heavy atom. The predicted molar refractivity (Wildman–Crippen MR) is 156 cm³/mol. The fourth-order valence-corrected chi connectivity index (χ4v) is 4.88. The molecule has 0 unspecified atom stereocenters. The molecule has 6 aromatic rings. The van der Waals surface area contributed by atoms with Crippen molar-refractivity contribution in [1.82, 2.24) is 15.0 Å². The number of ether oxygens (including phenoxy) is 1. The number of para-hydroxylation sites is 2. The number of furan rings is 1. The van der Waals surface area contributed by atoms with Crippen molar-refractivity contribution in [3.05, 3.63) is 114 Å². The van der Waals surface area contributed by atoms with E-state index in [9.17, 15) is 0 Å². The SMILES string of the molecule is Cc1ccc2c(n1)oc1c(-c3cc(C(C)C)cc(C(C)(C)c4cccc(Oc5ccccc5)n4)n3)cccc12. The maximum atomic E-state index is 6.32. The third-order valence-corrected chi connectivity index (χ3v) is 7.26. The molecule has 0 radical (unpaired) electrons. The lowest BCUT2D eigenvalue weighted by molar-refractivity contribution is 0.454. The van der Waals surface area contributed by atoms with Crippen molar-refractivity contribution < 1.29 is 9.15 Å². The van der Waals surface area contributed by atoms with Crippen molar-refractivity contribution in [1.29, 1.82) is 0 Å². The zero-order valence-electron chi connectivity index (χ0n) is 22.9. The first-order valence-electron chi connectivity index (χ1n) is 13.3. The van der Waals surface area contributed by atoms with Crippen LogP contribution < -0.4 is 4.74 Å². The molecule has 6 rings (SSSR count). The van der Waals surface area contributed by atoms with Crippen LogP contribution in [0.1, 0.15) is 56.3 Å². The van der Waals surface area contributed by atoms with Crippen molar-refractivity contribution in [3.63, 3.8) is 0 Å². The molecule has 0 fully saturated rings. The molecule has 0 saturated carbocycles. The molecule has 5 nitrogen and oxygen atoms in total. The molecule has 0 aliphatic rings. The summed E-state index contributed by atoms with van der Waals surface area (Å²) in [7, 11) is 0. The van der Waals surface area contributed by atoms with Gasteiger partial charge in [0.25, 0.3) is 0 Å². The number of aryl methyl sites for hydroxylation is 1. The second-order valence-corrected chi connectivity index (χ2v) is 10.8. The first-order chi connectivity index (χ1) is 18.8. The minimum Gasteiger partial charge on any atom is -0.439 e. The van der Waals surface area contributed by atoms with Gasteiger partial charge in [-0.15, -0.1) is 0 Å². The van der Waals surface area contributed by atoms with E-state index in [-0.39, 0.29) is 0 Å². The van der Waals surface area contributed by atoms with E-state index >= 15 is 0 Å². The van der Waals surface area contributed by atoms with Gasteiger partial charge in [-0.3, -0.25) is 4.98 Å². The van der Waals surface area contributed by atoms with E-state index in [4.69, 9.17) is 19.1 Å². The monoisotopic (exact) mass is 513 g/mol. The molecular weight excluding hydrogens is 482 g/mol. The summed E-state index contributed by atoms with van der Waals surface area (Å²) >= 11 is 0. The Kier molecular flexibility index (Phi) is 6.15. The molecule has 0 amide bonds. The van der Waals surface area contributed by atoms with Crippen LogP contribution in [0.25, 0.3) is 33.3 Å². The molecule has 0 spiro atoms. The number of aromatic nitrogens is 3. The Morgan fingerprint density at radius 1 is 0.744 bits per heavy atom. The quantitative estimate of drug-likeness (QED) is 0.222. The molecule has 0 atom stereocenters. The lowest BCUT2D eigenvalue weighted by Crippen LogP contribution is -2.23. The standard InChI is InChI=1S/C34H31N3O2/c1-21(2)23-19-28(27-14-9-13-25-26-18-17-22(3)35-33(26)39-32(25)27)36-30(20-23)34(4,5)29-15-10-16-31(37-29)38-24-11-7-6-8-12-24/h6-21H,1-5H3. The van der Waals surface area contributed by atoms with E-state index in [1.54, 1.807) is 0 Å². The molecule has 0 aliphatic carbocycles. The Morgan fingerprint density at radius 2 is 1.54 bits per heavy atom. The maximum Gasteiger partial charge on any atom is 0.227 e. The van der Waals surface area contributed by atoms with Crippen molar-refractivity contribution in [2.45, 2.75) is 46.0 Å². The summed E-state index contributed by atoms with van der Waals surface area (Å²) in [6.07, 6.45) is 0. The van der Waals surface area contributed by atoms with Gasteiger partial charge in [0.2, 0.25) is 11.6 Å². The van der Waals surface area contributed by atoms with E-state index in [1.165, 1.54) is 5.56 Å². The van der Waals surface area contributed by atoms with E-state index in [0.717, 1.165) is 50.4 Å². The largest absolute Gasteiger partial charge is 0.439 e. The lowest BCUT2D eigenvalue weighted by atomic mass is 9.83. The van der Waals surface area contributed by atoms with Crippen LogP contribution in [0.5, 0.6) is 11.6 Å². The molecule has 2 aromatic carbocycles. The number of pyridine rings is 3. The molecular formula is C34H31N3O2. The fraction of sp³-hybridized carbons (Fsp3) is 0.206. The van der Waals surface area contributed by atoms with Crippen molar-refractivity contribution >= 4 is 22.1 Å². The van der Waals surface area contributed by atoms with Crippen LogP contribution in [-0.2, 0) is 5.41 Å². The summed E-state index contributed by atoms with van der Waals surface area (Å²) < 4.78 is 12.4. The van der Waals surface area contributed by atoms with Crippen LogP contribution in [0.15, 0.2) is 95.4 Å². The molecule has 0 bridgehead atoms. The van der Waals surface area contributed by atoms with Gasteiger partial charge in [-0.25, -0.2) is 9.97 Å². The summed E-state index contributed by atoms with van der Waals surface area (Å²) in [6, 6.07) is 30.3. The minimum absolute atomic E-state index is 0.321. The number of hydrogen-bond acceptors (Lipinski definition) is 5. The molecule has 39 heavy (non-hydrogen) atoms. The van der Waals surface area contributed by atoms with Crippen molar-refractivity contribution in [2.24, 2.45) is 0 Å². The zero-order chi connectivity index (χ0) is 27.1. The average Bonchev–Trinajstić information content (AvgIpc) is 3.31. The minimum atomic E-state index is -0.476. The summed E-state index contributed by atoms with van der Waals surface area (Å²) in [4.78, 5) is 14.7. The third kappa shape index (κ3) is 4.65. The van der Waals surface area contributed by atoms with Gasteiger partial charge in [-0.1, -0.05) is 50.2 Å². The van der Waals surface area contributed by atoms with E-state index < -0.39 is 5.41 Å². The van der Waals surface area contributed by atoms with Crippen LogP contribution >= 0.6 is 0 Å². The summed E-state index contributed by atoms with van der Waals surface area (Å²) in [6.45, 7) is 10.7. The van der Waals surface area contributed by atoms with Crippen LogP contribution in [0, 0.1) is 6.92 Å². The average molecular weight is 514 g/mol. The highest BCUT2D eigenvalue weighted by atomic mass is 16.5. The topological polar surface area (TPSA) is 61.0 Å². The Bertz CT molecular complexity index is 1800. The number of benzene rings is 2. The van der Waals surface area contributed by atoms with E-state index in [2.05, 4.69) is 69.1 Å². The molecule has 194 valence electrons. The third-order valence-electron chi connectivity index (χ3n) is 7.26. The molecule has 0 N–H and O–H groups in total. The Balaban J connectivity index is 1.47. The highest BCUT2D eigenvalue weighted by molar-refractivity contribution is 6.08. The Labute approximate surface area is 228 Å². The predicted octanol–water partition coefficient (Wildman–Crippen LogP) is 8.99. The van der Waals surface area contributed by atoms with Gasteiger partial charge in [0.15, 0.2) is 0 Å². The fourth-order valence-electron chi connectivity index (χ4n) is 4.88. The van der Waals surface area contributed by atoms with Crippen LogP contribution in [0.3, 0.4) is 0 Å². The number of nitrogens with zero attached hydrogens (tertiary/aromatic N) is 3. The number of hydrogen-bond donors (Lipinski definition) is 0. The second-order valence-electron chi connectivity index (χ2n) is 10.8. The van der Waals surface area contributed by atoms with Crippen molar-refractivity contribution in [2.75, 3.05) is 0 Å². The second kappa shape index (κ2) is 9.66. The summed E-state index contributed by atoms with van der Waals surface area (Å²) in [5.41, 5.74) is 6.78. The zero-order valence-corrected chi connectivity index (χ0v) is 22.9. The highest BCUT2D eigenvalue weighted by Crippen LogP contribution is 2.38. The van der Waals surface area contributed by atoms with Gasteiger partial charge in [0.05, 0.1) is 17.1 Å². The van der Waals surface area contributed by atoms with E-state index in [1.807, 2.05) is 61.5 Å². The first kappa shape index (κ1) is 24.8. The maximum absolute atomic E-state index is 6.32. The highest BCUT2D eigenvalue weighted by Gasteiger charge is 2.29. The van der Waals surface area contributed by atoms with Gasteiger partial charge >= 0.3 is 0 Å². The molecule has 0 saturated heterocycles. The molecule has 5 heteroatoms. The van der Waals surface area contributed by atoms with E-state index in [0.29, 0.717) is 17.5 Å². The molecule has 4 heterocycles. The summed E-state index contributed by atoms with van der Waals surface area (Å²) in [5.74, 6) is 1.63. The molecule has 0 aliphatic heterocycles. The molecule has 4 aromatic heterocycles. The van der Waals surface area contributed by atoms with Gasteiger partial charge in [-0.2, -0.15) is 0 Å². The Hall–Kier alpha value is -4.51. The summed E-state index contributed by atoms with van der Waals surface area (Å²) in [5, 5.41) is 2.05. The number of rotatable bonds is 6. The smallest absolute Gasteiger partial charge is 0.227 e. The normalized spacial score (nSPS) is 11.9. The van der Waals surface area contributed by atoms with Crippen LogP contribution in [0.4, 0.5) is 0 Å². The van der Waals surface area contributed by atoms with Gasteiger partial charge < -0.3 is 9.15 Å². The lowest BCUT2D eigenvalue weighted by Gasteiger charge is -2.26. The number of fused-ring (bicyclic) bond motifs is 3. The van der Waals surface area contributed by atoms with Crippen LogP contribution in [0.2, 0.25) is 0 Å². The van der Waals surface area contributed by atoms with Gasteiger partial charge in [-0.05, 0) is 80.8 Å². The van der Waals surface area contributed by atoms with Gasteiger partial charge in [0, 0.05) is 33.5 Å². The van der Waals surface area contributed by atoms with Gasteiger partial charge in [0.1, 0.15) is 11.3 Å². The van der Waals surface area contributed by atoms with Crippen LogP contribution in [-0.4, -0.2) is 15.0 Å².